The SMILES string of the molecule is CCN(C(=O)CC(C)(C)OC)c1ccc(CN)cc1. The molecule has 1 rings (SSSR count). The van der Waals surface area contributed by atoms with Crippen LogP contribution >= 0.6 is 0 Å². The number of carbonyl (C=O) groups is 1. The zero-order chi connectivity index (χ0) is 14.5. The Morgan fingerprint density at radius 2 is 1.89 bits per heavy atom. The molecule has 0 atom stereocenters. The standard InChI is InChI=1S/C15H24N2O2/c1-5-17(14(18)10-15(2,3)19-4)13-8-6-12(11-16)7-9-13/h6-9H,5,10-11,16H2,1-4H3. The van der Waals surface area contributed by atoms with E-state index in [1.165, 1.54) is 0 Å². The summed E-state index contributed by atoms with van der Waals surface area (Å²) in [6.07, 6.45) is 0.357. The van der Waals surface area contributed by atoms with E-state index in [4.69, 9.17) is 10.5 Å². The molecule has 0 spiro atoms. The van der Waals surface area contributed by atoms with Gasteiger partial charge in [0.15, 0.2) is 0 Å². The Bertz CT molecular complexity index is 413. The number of hydrogen-bond donors (Lipinski definition) is 1. The lowest BCUT2D eigenvalue weighted by Gasteiger charge is -2.27. The third kappa shape index (κ3) is 4.33. The Morgan fingerprint density at radius 3 is 2.32 bits per heavy atom. The number of amides is 1. The third-order valence-electron chi connectivity index (χ3n) is 3.23. The second kappa shape index (κ2) is 6.68. The summed E-state index contributed by atoms with van der Waals surface area (Å²) in [5.74, 6) is 0.0647. The molecule has 0 unspecified atom stereocenters. The number of nitrogens with zero attached hydrogens (tertiary/aromatic N) is 1. The molecular formula is C15H24N2O2. The third-order valence-corrected chi connectivity index (χ3v) is 3.23. The zero-order valence-electron chi connectivity index (χ0n) is 12.3. The lowest BCUT2D eigenvalue weighted by Crippen LogP contribution is -2.37. The van der Waals surface area contributed by atoms with Gasteiger partial charge in [-0.15, -0.1) is 0 Å². The molecule has 4 nitrogen and oxygen atoms in total. The summed E-state index contributed by atoms with van der Waals surface area (Å²) in [7, 11) is 1.62. The Morgan fingerprint density at radius 1 is 1.32 bits per heavy atom. The summed E-state index contributed by atoms with van der Waals surface area (Å²) >= 11 is 0. The van der Waals surface area contributed by atoms with Crippen LogP contribution in [0.2, 0.25) is 0 Å². The number of methoxy groups -OCH3 is 1. The Hall–Kier alpha value is -1.39. The molecule has 4 heteroatoms. The molecule has 0 saturated carbocycles. The van der Waals surface area contributed by atoms with Crippen molar-refractivity contribution in [3.05, 3.63) is 29.8 Å². The van der Waals surface area contributed by atoms with Crippen molar-refractivity contribution in [3.63, 3.8) is 0 Å². The molecule has 0 heterocycles. The average Bonchev–Trinajstić information content (AvgIpc) is 2.40. The van der Waals surface area contributed by atoms with E-state index in [9.17, 15) is 4.79 Å². The van der Waals surface area contributed by atoms with Gasteiger partial charge in [0.1, 0.15) is 0 Å². The lowest BCUT2D eigenvalue weighted by molar-refractivity contribution is -0.123. The van der Waals surface area contributed by atoms with Crippen molar-refractivity contribution in [2.75, 3.05) is 18.6 Å². The number of nitrogens with two attached hydrogens (primary N) is 1. The second-order valence-corrected chi connectivity index (χ2v) is 5.15. The Balaban J connectivity index is 2.84. The lowest BCUT2D eigenvalue weighted by atomic mass is 10.0. The molecule has 1 aromatic carbocycles. The fourth-order valence-corrected chi connectivity index (χ4v) is 1.85. The van der Waals surface area contributed by atoms with Gasteiger partial charge in [-0.2, -0.15) is 0 Å². The van der Waals surface area contributed by atoms with E-state index in [-0.39, 0.29) is 5.91 Å². The molecule has 0 aliphatic heterocycles. The molecule has 0 saturated heterocycles. The zero-order valence-corrected chi connectivity index (χ0v) is 12.3. The summed E-state index contributed by atoms with van der Waals surface area (Å²) in [5, 5.41) is 0. The van der Waals surface area contributed by atoms with Crippen LogP contribution in [0.3, 0.4) is 0 Å². The Kier molecular flexibility index (Phi) is 5.51. The van der Waals surface area contributed by atoms with Crippen molar-refractivity contribution in [1.29, 1.82) is 0 Å². The normalized spacial score (nSPS) is 11.4. The van der Waals surface area contributed by atoms with Gasteiger partial charge >= 0.3 is 0 Å². The number of hydrogen-bond acceptors (Lipinski definition) is 3. The van der Waals surface area contributed by atoms with Gasteiger partial charge in [-0.3, -0.25) is 4.79 Å². The van der Waals surface area contributed by atoms with Crippen molar-refractivity contribution < 1.29 is 9.53 Å². The summed E-state index contributed by atoms with van der Waals surface area (Å²) < 4.78 is 5.31. The molecule has 2 N–H and O–H groups in total. The van der Waals surface area contributed by atoms with Crippen LogP contribution in [0.5, 0.6) is 0 Å². The van der Waals surface area contributed by atoms with Crippen molar-refractivity contribution >= 4 is 11.6 Å². The maximum Gasteiger partial charge on any atom is 0.229 e. The van der Waals surface area contributed by atoms with Crippen LogP contribution in [0.1, 0.15) is 32.8 Å². The maximum atomic E-state index is 12.3. The van der Waals surface area contributed by atoms with E-state index in [0.29, 0.717) is 19.5 Å². The van der Waals surface area contributed by atoms with Crippen molar-refractivity contribution in [3.8, 4) is 0 Å². The number of carbonyl (C=O) groups excluding carboxylic acids is 1. The summed E-state index contributed by atoms with van der Waals surface area (Å²) in [4.78, 5) is 14.1. The number of benzene rings is 1. The minimum atomic E-state index is -0.443. The minimum Gasteiger partial charge on any atom is -0.378 e. The summed E-state index contributed by atoms with van der Waals surface area (Å²) in [6.45, 7) is 6.94. The van der Waals surface area contributed by atoms with Gasteiger partial charge in [0.2, 0.25) is 5.91 Å². The second-order valence-electron chi connectivity index (χ2n) is 5.15. The molecule has 0 radical (unpaired) electrons. The predicted molar refractivity (Wildman–Crippen MR) is 78.1 cm³/mol. The molecule has 0 bridgehead atoms. The van der Waals surface area contributed by atoms with E-state index in [2.05, 4.69) is 0 Å². The number of rotatable bonds is 6. The summed E-state index contributed by atoms with van der Waals surface area (Å²) in [5.41, 5.74) is 7.09. The van der Waals surface area contributed by atoms with Crippen LogP contribution in [-0.2, 0) is 16.1 Å². The van der Waals surface area contributed by atoms with Crippen LogP contribution < -0.4 is 10.6 Å². The predicted octanol–water partition coefficient (Wildman–Crippen LogP) is 2.31. The fourth-order valence-electron chi connectivity index (χ4n) is 1.85. The highest BCUT2D eigenvalue weighted by atomic mass is 16.5. The molecular weight excluding hydrogens is 240 g/mol. The van der Waals surface area contributed by atoms with Crippen LogP contribution in [0.25, 0.3) is 0 Å². The minimum absolute atomic E-state index is 0.0647. The van der Waals surface area contributed by atoms with Gasteiger partial charge in [0.05, 0.1) is 12.0 Å². The van der Waals surface area contributed by atoms with E-state index in [1.807, 2.05) is 45.0 Å². The van der Waals surface area contributed by atoms with Crippen molar-refractivity contribution in [2.45, 2.75) is 39.3 Å². The maximum absolute atomic E-state index is 12.3. The number of anilines is 1. The first-order valence-electron chi connectivity index (χ1n) is 6.58. The highest BCUT2D eigenvalue weighted by molar-refractivity contribution is 5.93. The highest BCUT2D eigenvalue weighted by Crippen LogP contribution is 2.20. The average molecular weight is 264 g/mol. The first kappa shape index (κ1) is 15.7. The van der Waals surface area contributed by atoms with E-state index in [1.54, 1.807) is 12.0 Å². The topological polar surface area (TPSA) is 55.6 Å². The fraction of sp³-hybridized carbons (Fsp3) is 0.533. The highest BCUT2D eigenvalue weighted by Gasteiger charge is 2.24. The van der Waals surface area contributed by atoms with Gasteiger partial charge < -0.3 is 15.4 Å². The quantitative estimate of drug-likeness (QED) is 0.858. The number of ether oxygens (including phenoxy) is 1. The van der Waals surface area contributed by atoms with E-state index >= 15 is 0 Å². The molecule has 1 aromatic rings. The van der Waals surface area contributed by atoms with Crippen LogP contribution in [-0.4, -0.2) is 25.2 Å². The summed E-state index contributed by atoms with van der Waals surface area (Å²) in [6, 6.07) is 7.77. The first-order chi connectivity index (χ1) is 8.93. The van der Waals surface area contributed by atoms with Gasteiger partial charge in [-0.25, -0.2) is 0 Å². The van der Waals surface area contributed by atoms with Crippen LogP contribution in [0, 0.1) is 0 Å². The molecule has 0 aliphatic carbocycles. The van der Waals surface area contributed by atoms with Crippen molar-refractivity contribution in [1.82, 2.24) is 0 Å². The monoisotopic (exact) mass is 264 g/mol. The largest absolute Gasteiger partial charge is 0.378 e. The molecule has 0 aromatic heterocycles. The van der Waals surface area contributed by atoms with Gasteiger partial charge in [0, 0.05) is 25.9 Å². The van der Waals surface area contributed by atoms with Crippen LogP contribution in [0.15, 0.2) is 24.3 Å². The smallest absolute Gasteiger partial charge is 0.229 e. The Labute approximate surface area is 115 Å². The van der Waals surface area contributed by atoms with Gasteiger partial charge in [-0.1, -0.05) is 12.1 Å². The van der Waals surface area contributed by atoms with Gasteiger partial charge in [0.25, 0.3) is 0 Å². The van der Waals surface area contributed by atoms with Gasteiger partial charge in [-0.05, 0) is 38.5 Å². The molecule has 1 amide bonds. The molecule has 19 heavy (non-hydrogen) atoms. The molecule has 0 fully saturated rings. The van der Waals surface area contributed by atoms with E-state index in [0.717, 1.165) is 11.3 Å². The van der Waals surface area contributed by atoms with E-state index < -0.39 is 5.60 Å². The molecule has 0 aliphatic rings. The first-order valence-corrected chi connectivity index (χ1v) is 6.58. The van der Waals surface area contributed by atoms with Crippen molar-refractivity contribution in [2.24, 2.45) is 5.73 Å². The molecule has 106 valence electrons. The van der Waals surface area contributed by atoms with Crippen LogP contribution in [0.4, 0.5) is 5.69 Å².